The minimum Gasteiger partial charge on any atom is -0.478 e. The molecular formula is C18H23NO4. The molecule has 1 amide bonds. The fourth-order valence-electron chi connectivity index (χ4n) is 3.25. The van der Waals surface area contributed by atoms with Crippen LogP contribution in [-0.4, -0.2) is 35.7 Å². The summed E-state index contributed by atoms with van der Waals surface area (Å²) in [5, 5.41) is 12.2. The van der Waals surface area contributed by atoms with Gasteiger partial charge in [0, 0.05) is 19.1 Å². The second-order valence-electron chi connectivity index (χ2n) is 6.50. The van der Waals surface area contributed by atoms with Gasteiger partial charge < -0.3 is 15.2 Å². The van der Waals surface area contributed by atoms with Crippen LogP contribution in [0.2, 0.25) is 0 Å². The van der Waals surface area contributed by atoms with Crippen LogP contribution < -0.4 is 5.32 Å². The number of nitrogens with one attached hydrogen (secondary N) is 1. The van der Waals surface area contributed by atoms with Crippen molar-refractivity contribution in [3.63, 3.8) is 0 Å². The van der Waals surface area contributed by atoms with Crippen LogP contribution in [0.1, 0.15) is 48.0 Å². The van der Waals surface area contributed by atoms with E-state index in [1.54, 1.807) is 24.3 Å². The molecule has 23 heavy (non-hydrogen) atoms. The Labute approximate surface area is 136 Å². The Morgan fingerprint density at radius 2 is 2.00 bits per heavy atom. The molecule has 2 unspecified atom stereocenters. The Balaban J connectivity index is 1.49. The van der Waals surface area contributed by atoms with Crippen LogP contribution in [0.5, 0.6) is 0 Å². The number of carboxylic acid groups (broad SMARTS) is 1. The van der Waals surface area contributed by atoms with E-state index in [1.165, 1.54) is 12.8 Å². The van der Waals surface area contributed by atoms with Crippen LogP contribution in [0, 0.1) is 5.92 Å². The standard InChI is InChI=1S/C18H23NO4/c20-17(8-7-12-3-1-2-4-15(12)18(21)22)19-14-9-10-23-16(11-14)13-5-6-13/h1-4,13-14,16H,5-11H2,(H,19,20)(H,21,22). The van der Waals surface area contributed by atoms with Crippen molar-refractivity contribution < 1.29 is 19.4 Å². The maximum atomic E-state index is 12.2. The molecule has 2 aliphatic rings. The summed E-state index contributed by atoms with van der Waals surface area (Å²) in [5.41, 5.74) is 0.984. The van der Waals surface area contributed by atoms with E-state index in [9.17, 15) is 9.59 Å². The van der Waals surface area contributed by atoms with E-state index in [0.717, 1.165) is 12.8 Å². The van der Waals surface area contributed by atoms with Crippen molar-refractivity contribution in [2.24, 2.45) is 5.92 Å². The Hall–Kier alpha value is -1.88. The van der Waals surface area contributed by atoms with Crippen LogP contribution in [0.15, 0.2) is 24.3 Å². The number of aryl methyl sites for hydroxylation is 1. The zero-order chi connectivity index (χ0) is 16.2. The van der Waals surface area contributed by atoms with Crippen molar-refractivity contribution in [1.29, 1.82) is 0 Å². The molecule has 2 fully saturated rings. The van der Waals surface area contributed by atoms with E-state index in [4.69, 9.17) is 9.84 Å². The van der Waals surface area contributed by atoms with Gasteiger partial charge in [-0.2, -0.15) is 0 Å². The first kappa shape index (κ1) is 16.0. The van der Waals surface area contributed by atoms with Gasteiger partial charge in [0.2, 0.25) is 5.91 Å². The van der Waals surface area contributed by atoms with Crippen molar-refractivity contribution in [2.45, 2.75) is 50.7 Å². The normalized spacial score (nSPS) is 24.2. The maximum absolute atomic E-state index is 12.2. The lowest BCUT2D eigenvalue weighted by Gasteiger charge is -2.30. The predicted octanol–water partition coefficient (Wildman–Crippen LogP) is 2.39. The quantitative estimate of drug-likeness (QED) is 0.845. The van der Waals surface area contributed by atoms with E-state index < -0.39 is 5.97 Å². The van der Waals surface area contributed by atoms with Crippen molar-refractivity contribution in [3.8, 4) is 0 Å². The van der Waals surface area contributed by atoms with Gasteiger partial charge in [0.25, 0.3) is 0 Å². The molecular weight excluding hydrogens is 294 g/mol. The minimum atomic E-state index is -0.947. The third-order valence-corrected chi connectivity index (χ3v) is 4.70. The molecule has 1 aliphatic heterocycles. The van der Waals surface area contributed by atoms with Gasteiger partial charge in [-0.25, -0.2) is 4.79 Å². The summed E-state index contributed by atoms with van der Waals surface area (Å²) >= 11 is 0. The predicted molar refractivity (Wildman–Crippen MR) is 85.4 cm³/mol. The first-order valence-corrected chi connectivity index (χ1v) is 8.35. The molecule has 1 aliphatic carbocycles. The van der Waals surface area contributed by atoms with E-state index in [1.807, 2.05) is 0 Å². The fourth-order valence-corrected chi connectivity index (χ4v) is 3.25. The second-order valence-corrected chi connectivity index (χ2v) is 6.50. The molecule has 1 aromatic rings. The number of benzene rings is 1. The van der Waals surface area contributed by atoms with Crippen LogP contribution in [-0.2, 0) is 16.0 Å². The summed E-state index contributed by atoms with van der Waals surface area (Å²) in [6.45, 7) is 0.716. The molecule has 0 radical (unpaired) electrons. The van der Waals surface area contributed by atoms with Gasteiger partial charge >= 0.3 is 5.97 Å². The number of aromatic carboxylic acids is 1. The number of hydrogen-bond donors (Lipinski definition) is 2. The van der Waals surface area contributed by atoms with Gasteiger partial charge in [-0.05, 0) is 49.7 Å². The summed E-state index contributed by atoms with van der Waals surface area (Å²) in [4.78, 5) is 23.3. The third kappa shape index (κ3) is 4.32. The molecule has 1 saturated heterocycles. The summed E-state index contributed by atoms with van der Waals surface area (Å²) in [5.74, 6) is -0.263. The zero-order valence-electron chi connectivity index (χ0n) is 13.2. The molecule has 124 valence electrons. The fraction of sp³-hybridized carbons (Fsp3) is 0.556. The molecule has 0 aromatic heterocycles. The molecule has 2 atom stereocenters. The Kier molecular flexibility index (Phi) is 4.96. The molecule has 3 rings (SSSR count). The van der Waals surface area contributed by atoms with E-state index in [2.05, 4.69) is 5.32 Å². The monoisotopic (exact) mass is 317 g/mol. The van der Waals surface area contributed by atoms with Gasteiger partial charge in [-0.1, -0.05) is 18.2 Å². The number of carbonyl (C=O) groups is 2. The molecule has 5 nitrogen and oxygen atoms in total. The van der Waals surface area contributed by atoms with Crippen LogP contribution in [0.4, 0.5) is 0 Å². The van der Waals surface area contributed by atoms with Gasteiger partial charge in [-0.3, -0.25) is 4.79 Å². The van der Waals surface area contributed by atoms with Crippen molar-refractivity contribution in [2.75, 3.05) is 6.61 Å². The topological polar surface area (TPSA) is 75.6 Å². The first-order chi connectivity index (χ1) is 11.1. The smallest absolute Gasteiger partial charge is 0.335 e. The van der Waals surface area contributed by atoms with Crippen molar-refractivity contribution >= 4 is 11.9 Å². The van der Waals surface area contributed by atoms with E-state index in [0.29, 0.717) is 37.0 Å². The summed E-state index contributed by atoms with van der Waals surface area (Å²) < 4.78 is 5.77. The van der Waals surface area contributed by atoms with Gasteiger partial charge in [0.1, 0.15) is 0 Å². The van der Waals surface area contributed by atoms with E-state index in [-0.39, 0.29) is 17.5 Å². The zero-order valence-corrected chi connectivity index (χ0v) is 13.2. The van der Waals surface area contributed by atoms with Gasteiger partial charge in [-0.15, -0.1) is 0 Å². The SMILES string of the molecule is O=C(CCc1ccccc1C(=O)O)NC1CCOC(C2CC2)C1. The highest BCUT2D eigenvalue weighted by atomic mass is 16.5. The Bertz CT molecular complexity index is 582. The van der Waals surface area contributed by atoms with Crippen LogP contribution in [0.25, 0.3) is 0 Å². The number of carbonyl (C=O) groups excluding carboxylic acids is 1. The van der Waals surface area contributed by atoms with Crippen molar-refractivity contribution in [1.82, 2.24) is 5.32 Å². The summed E-state index contributed by atoms with van der Waals surface area (Å²) in [6, 6.07) is 7.05. The average Bonchev–Trinajstić information content (AvgIpc) is 3.38. The van der Waals surface area contributed by atoms with Gasteiger partial charge in [0.05, 0.1) is 11.7 Å². The molecule has 0 spiro atoms. The summed E-state index contributed by atoms with van der Waals surface area (Å²) in [6.07, 6.45) is 5.33. The number of amides is 1. The van der Waals surface area contributed by atoms with E-state index >= 15 is 0 Å². The number of ether oxygens (including phenoxy) is 1. The second kappa shape index (κ2) is 7.13. The van der Waals surface area contributed by atoms with Crippen LogP contribution in [0.3, 0.4) is 0 Å². The molecule has 1 saturated carbocycles. The lowest BCUT2D eigenvalue weighted by molar-refractivity contribution is -0.123. The third-order valence-electron chi connectivity index (χ3n) is 4.70. The molecule has 1 heterocycles. The lowest BCUT2D eigenvalue weighted by Crippen LogP contribution is -2.42. The molecule has 0 bridgehead atoms. The van der Waals surface area contributed by atoms with Crippen LogP contribution >= 0.6 is 0 Å². The highest BCUT2D eigenvalue weighted by molar-refractivity contribution is 5.89. The van der Waals surface area contributed by atoms with Crippen molar-refractivity contribution in [3.05, 3.63) is 35.4 Å². The highest BCUT2D eigenvalue weighted by Crippen LogP contribution is 2.38. The average molecular weight is 317 g/mol. The van der Waals surface area contributed by atoms with Gasteiger partial charge in [0.15, 0.2) is 0 Å². The Morgan fingerprint density at radius 3 is 2.74 bits per heavy atom. The molecule has 1 aromatic carbocycles. The largest absolute Gasteiger partial charge is 0.478 e. The summed E-state index contributed by atoms with van der Waals surface area (Å²) in [7, 11) is 0. The number of rotatable bonds is 6. The Morgan fingerprint density at radius 1 is 1.22 bits per heavy atom. The first-order valence-electron chi connectivity index (χ1n) is 8.35. The maximum Gasteiger partial charge on any atom is 0.335 e. The minimum absolute atomic E-state index is 0.00774. The molecule has 5 heteroatoms. The number of hydrogen-bond acceptors (Lipinski definition) is 3. The highest BCUT2D eigenvalue weighted by Gasteiger charge is 2.36. The molecule has 2 N–H and O–H groups in total. The number of carboxylic acids is 1. The lowest BCUT2D eigenvalue weighted by atomic mass is 9.99.